The van der Waals surface area contributed by atoms with Gasteiger partial charge in [0.2, 0.25) is 0 Å². The Morgan fingerprint density at radius 3 is 2.77 bits per heavy atom. The van der Waals surface area contributed by atoms with Gasteiger partial charge in [-0.3, -0.25) is 14.7 Å². The number of rotatable bonds is 9. The maximum Gasteiger partial charge on any atom is 0.255 e. The van der Waals surface area contributed by atoms with Gasteiger partial charge in [0, 0.05) is 50.7 Å². The second-order valence-corrected chi connectivity index (χ2v) is 8.35. The number of benzene rings is 1. The molecule has 0 aliphatic carbocycles. The monoisotopic (exact) mass is 410 g/mol. The molecular formula is C24H34N4O2. The fraction of sp³-hybridized carbons (Fsp3) is 0.500. The number of carbonyl (C=O) groups excluding carboxylic acids is 1. The van der Waals surface area contributed by atoms with Crippen molar-refractivity contribution in [2.45, 2.75) is 19.4 Å². The molecule has 1 unspecified atom stereocenters. The van der Waals surface area contributed by atoms with Crippen LogP contribution in [0.1, 0.15) is 28.8 Å². The Labute approximate surface area is 180 Å². The normalized spacial score (nSPS) is 17.1. The molecule has 2 heterocycles. The third-order valence-corrected chi connectivity index (χ3v) is 5.68. The van der Waals surface area contributed by atoms with E-state index in [1.807, 2.05) is 43.3 Å². The molecule has 1 aromatic heterocycles. The molecule has 0 spiro atoms. The lowest BCUT2D eigenvalue weighted by atomic mass is 9.96. The van der Waals surface area contributed by atoms with E-state index < -0.39 is 0 Å². The number of hydrogen-bond acceptors (Lipinski definition) is 5. The van der Waals surface area contributed by atoms with Crippen molar-refractivity contribution in [3.05, 3.63) is 59.9 Å². The van der Waals surface area contributed by atoms with Gasteiger partial charge in [-0.05, 0) is 57.6 Å². The van der Waals surface area contributed by atoms with Crippen molar-refractivity contribution < 1.29 is 9.53 Å². The summed E-state index contributed by atoms with van der Waals surface area (Å²) in [6, 6.07) is 11.9. The summed E-state index contributed by atoms with van der Waals surface area (Å²) in [5.41, 5.74) is 1.88. The van der Waals surface area contributed by atoms with E-state index >= 15 is 0 Å². The minimum Gasteiger partial charge on any atom is -0.496 e. The molecule has 0 bridgehead atoms. The zero-order valence-electron chi connectivity index (χ0n) is 18.5. The highest BCUT2D eigenvalue weighted by atomic mass is 16.5. The Kier molecular flexibility index (Phi) is 8.22. The third kappa shape index (κ3) is 6.28. The maximum absolute atomic E-state index is 13.1. The number of likely N-dealkylation sites (tertiary alicyclic amines) is 1. The number of hydrogen-bond donors (Lipinski definition) is 0. The van der Waals surface area contributed by atoms with Gasteiger partial charge in [-0.2, -0.15) is 0 Å². The number of piperidine rings is 1. The summed E-state index contributed by atoms with van der Waals surface area (Å²) in [4.78, 5) is 23.9. The maximum atomic E-state index is 13.1. The molecule has 0 saturated carbocycles. The molecule has 6 nitrogen and oxygen atoms in total. The van der Waals surface area contributed by atoms with Crippen LogP contribution in [-0.2, 0) is 6.54 Å². The van der Waals surface area contributed by atoms with Crippen molar-refractivity contribution in [1.29, 1.82) is 0 Å². The van der Waals surface area contributed by atoms with Gasteiger partial charge in [-0.15, -0.1) is 0 Å². The Morgan fingerprint density at radius 2 is 2.03 bits per heavy atom. The topological polar surface area (TPSA) is 48.9 Å². The van der Waals surface area contributed by atoms with Gasteiger partial charge in [-0.1, -0.05) is 18.2 Å². The first-order valence-electron chi connectivity index (χ1n) is 10.7. The second kappa shape index (κ2) is 11.1. The molecule has 1 atom stereocenters. The minimum absolute atomic E-state index is 0.0757. The smallest absolute Gasteiger partial charge is 0.255 e. The zero-order valence-corrected chi connectivity index (χ0v) is 18.5. The lowest BCUT2D eigenvalue weighted by molar-refractivity contribution is 0.0660. The number of nitrogens with zero attached hydrogens (tertiary/aromatic N) is 4. The van der Waals surface area contributed by atoms with E-state index in [4.69, 9.17) is 4.74 Å². The molecule has 1 aromatic carbocycles. The predicted molar refractivity (Wildman–Crippen MR) is 120 cm³/mol. The van der Waals surface area contributed by atoms with E-state index in [-0.39, 0.29) is 5.91 Å². The van der Waals surface area contributed by atoms with Crippen LogP contribution in [0.2, 0.25) is 0 Å². The highest BCUT2D eigenvalue weighted by Gasteiger charge is 2.25. The molecule has 30 heavy (non-hydrogen) atoms. The number of methoxy groups -OCH3 is 1. The van der Waals surface area contributed by atoms with E-state index in [0.29, 0.717) is 11.5 Å². The van der Waals surface area contributed by atoms with Crippen LogP contribution in [0.25, 0.3) is 0 Å². The first-order chi connectivity index (χ1) is 14.6. The molecule has 3 rings (SSSR count). The van der Waals surface area contributed by atoms with Gasteiger partial charge in [0.25, 0.3) is 5.91 Å². The van der Waals surface area contributed by atoms with E-state index in [1.54, 1.807) is 19.5 Å². The van der Waals surface area contributed by atoms with Crippen LogP contribution >= 0.6 is 0 Å². The van der Waals surface area contributed by atoms with Crippen molar-refractivity contribution in [2.75, 3.05) is 53.9 Å². The number of pyridine rings is 1. The van der Waals surface area contributed by atoms with Crippen molar-refractivity contribution in [2.24, 2.45) is 5.92 Å². The third-order valence-electron chi connectivity index (χ3n) is 5.68. The fourth-order valence-corrected chi connectivity index (χ4v) is 4.10. The van der Waals surface area contributed by atoms with Gasteiger partial charge in [-0.25, -0.2) is 0 Å². The number of aromatic nitrogens is 1. The van der Waals surface area contributed by atoms with Gasteiger partial charge in [0.1, 0.15) is 5.75 Å². The summed E-state index contributed by atoms with van der Waals surface area (Å²) in [6.45, 7) is 5.33. The minimum atomic E-state index is 0.0757. The molecule has 0 N–H and O–H groups in total. The predicted octanol–water partition coefficient (Wildman–Crippen LogP) is 3.01. The zero-order chi connectivity index (χ0) is 21.3. The van der Waals surface area contributed by atoms with Gasteiger partial charge >= 0.3 is 0 Å². The Bertz CT molecular complexity index is 797. The molecule has 6 heteroatoms. The summed E-state index contributed by atoms with van der Waals surface area (Å²) in [5, 5.41) is 0. The number of carbonyl (C=O) groups is 1. The SMILES string of the molecule is COc1ccccc1CN1CCCC(CN(CCN(C)C)C(=O)c2cccnc2)C1. The molecule has 162 valence electrons. The Balaban J connectivity index is 1.65. The van der Waals surface area contributed by atoms with Crippen LogP contribution in [0.15, 0.2) is 48.8 Å². The Morgan fingerprint density at radius 1 is 1.20 bits per heavy atom. The van der Waals surface area contributed by atoms with Crippen molar-refractivity contribution in [3.63, 3.8) is 0 Å². The largest absolute Gasteiger partial charge is 0.496 e. The van der Waals surface area contributed by atoms with Crippen LogP contribution in [0.5, 0.6) is 5.75 Å². The first kappa shape index (κ1) is 22.2. The van der Waals surface area contributed by atoms with Crippen LogP contribution in [0, 0.1) is 5.92 Å². The highest BCUT2D eigenvalue weighted by Crippen LogP contribution is 2.24. The van der Waals surface area contributed by atoms with Crippen LogP contribution < -0.4 is 4.74 Å². The van der Waals surface area contributed by atoms with Crippen LogP contribution in [0.4, 0.5) is 0 Å². The average Bonchev–Trinajstić information content (AvgIpc) is 2.77. The van der Waals surface area contributed by atoms with E-state index in [9.17, 15) is 4.79 Å². The van der Waals surface area contributed by atoms with Gasteiger partial charge in [0.05, 0.1) is 12.7 Å². The van der Waals surface area contributed by atoms with Crippen molar-refractivity contribution in [1.82, 2.24) is 19.7 Å². The second-order valence-electron chi connectivity index (χ2n) is 8.35. The quantitative estimate of drug-likeness (QED) is 0.636. The molecule has 1 amide bonds. The Hall–Kier alpha value is -2.44. The summed E-state index contributed by atoms with van der Waals surface area (Å²) >= 11 is 0. The van der Waals surface area contributed by atoms with Gasteiger partial charge < -0.3 is 14.5 Å². The van der Waals surface area contributed by atoms with E-state index in [1.165, 1.54) is 5.56 Å². The molecule has 0 radical (unpaired) electrons. The first-order valence-corrected chi connectivity index (χ1v) is 10.7. The number of amides is 1. The molecule has 1 aliphatic heterocycles. The van der Waals surface area contributed by atoms with E-state index in [0.717, 1.165) is 57.9 Å². The molecule has 1 aliphatic rings. The lowest BCUT2D eigenvalue weighted by Gasteiger charge is -2.36. The molecule has 1 fully saturated rings. The summed E-state index contributed by atoms with van der Waals surface area (Å²) in [6.07, 6.45) is 5.68. The van der Waals surface area contributed by atoms with Crippen molar-refractivity contribution >= 4 is 5.91 Å². The number of ether oxygens (including phenoxy) is 1. The molecular weight excluding hydrogens is 376 g/mol. The molecule has 1 saturated heterocycles. The average molecular weight is 411 g/mol. The van der Waals surface area contributed by atoms with Gasteiger partial charge in [0.15, 0.2) is 0 Å². The van der Waals surface area contributed by atoms with E-state index in [2.05, 4.69) is 26.9 Å². The standard InChI is InChI=1S/C24H34N4O2/c1-26(2)14-15-28(24(29)21-10-6-12-25-16-21)18-20-8-7-13-27(17-20)19-22-9-4-5-11-23(22)30-3/h4-6,9-12,16,20H,7-8,13-15,17-19H2,1-3H3. The highest BCUT2D eigenvalue weighted by molar-refractivity contribution is 5.93. The molecule has 2 aromatic rings. The lowest BCUT2D eigenvalue weighted by Crippen LogP contribution is -2.44. The van der Waals surface area contributed by atoms with Crippen LogP contribution in [-0.4, -0.2) is 79.5 Å². The summed E-state index contributed by atoms with van der Waals surface area (Å²) in [7, 11) is 5.81. The fourth-order valence-electron chi connectivity index (χ4n) is 4.10. The van der Waals surface area contributed by atoms with Crippen LogP contribution in [0.3, 0.4) is 0 Å². The number of para-hydroxylation sites is 1. The van der Waals surface area contributed by atoms with Crippen molar-refractivity contribution in [3.8, 4) is 5.75 Å². The number of likely N-dealkylation sites (N-methyl/N-ethyl adjacent to an activating group) is 1. The summed E-state index contributed by atoms with van der Waals surface area (Å²) in [5.74, 6) is 1.49. The summed E-state index contributed by atoms with van der Waals surface area (Å²) < 4.78 is 5.52.